The van der Waals surface area contributed by atoms with E-state index in [0.29, 0.717) is 37.8 Å². The summed E-state index contributed by atoms with van der Waals surface area (Å²) >= 11 is 0. The summed E-state index contributed by atoms with van der Waals surface area (Å²) < 4.78 is 24.7. The lowest BCUT2D eigenvalue weighted by Gasteiger charge is -2.14. The molecule has 2 aromatic carbocycles. The zero-order valence-corrected chi connectivity index (χ0v) is 15.1. The minimum Gasteiger partial charge on any atom is -0.490 e. The molecule has 1 heterocycles. The number of halogens is 1. The van der Waals surface area contributed by atoms with Crippen molar-refractivity contribution in [1.82, 2.24) is 10.6 Å². The van der Waals surface area contributed by atoms with Gasteiger partial charge in [-0.2, -0.15) is 0 Å². The first kappa shape index (κ1) is 18.0. The van der Waals surface area contributed by atoms with E-state index in [0.717, 1.165) is 29.0 Å². The molecule has 1 aliphatic rings. The molecule has 0 saturated heterocycles. The normalized spacial score (nSPS) is 13.9. The topological polar surface area (TPSA) is 54.9 Å². The highest BCUT2D eigenvalue weighted by molar-refractivity contribution is 5.79. The number of fused-ring (bicyclic) bond motifs is 1. The Morgan fingerprint density at radius 1 is 1.00 bits per heavy atom. The number of hydrogen-bond acceptors (Lipinski definition) is 3. The molecule has 2 N–H and O–H groups in total. The van der Waals surface area contributed by atoms with Crippen LogP contribution in [0.2, 0.25) is 0 Å². The van der Waals surface area contributed by atoms with Gasteiger partial charge in [-0.25, -0.2) is 4.39 Å². The van der Waals surface area contributed by atoms with Crippen LogP contribution in [0.4, 0.5) is 4.39 Å². The number of rotatable bonds is 4. The molecule has 0 aliphatic carbocycles. The Balaban J connectivity index is 1.55. The summed E-state index contributed by atoms with van der Waals surface area (Å²) in [4.78, 5) is 4.23. The molecule has 2 aromatic rings. The number of guanidine groups is 1. The van der Waals surface area contributed by atoms with Crippen LogP contribution in [-0.2, 0) is 13.1 Å². The first-order chi connectivity index (χ1) is 12.7. The summed E-state index contributed by atoms with van der Waals surface area (Å²) in [6, 6.07) is 11.0. The third-order valence-electron chi connectivity index (χ3n) is 4.18. The quantitative estimate of drug-likeness (QED) is 0.652. The van der Waals surface area contributed by atoms with Crippen molar-refractivity contribution in [3.05, 3.63) is 58.9 Å². The van der Waals surface area contributed by atoms with Crippen LogP contribution in [0.25, 0.3) is 0 Å². The number of hydrogen-bond donors (Lipinski definition) is 2. The molecule has 0 radical (unpaired) electrons. The molecule has 0 atom stereocenters. The first-order valence-electron chi connectivity index (χ1n) is 8.74. The van der Waals surface area contributed by atoms with Crippen molar-refractivity contribution in [1.29, 1.82) is 0 Å². The number of benzene rings is 2. The Morgan fingerprint density at radius 2 is 1.65 bits per heavy atom. The fourth-order valence-corrected chi connectivity index (χ4v) is 2.73. The van der Waals surface area contributed by atoms with Crippen LogP contribution < -0.4 is 20.1 Å². The second kappa shape index (κ2) is 8.56. The molecular formula is C20H24FN3O2. The molecule has 0 fully saturated rings. The predicted octanol–water partition coefficient (Wildman–Crippen LogP) is 3.16. The third-order valence-corrected chi connectivity index (χ3v) is 4.18. The van der Waals surface area contributed by atoms with Crippen LogP contribution in [-0.4, -0.2) is 26.2 Å². The number of nitrogens with zero attached hydrogens (tertiary/aromatic N) is 1. The van der Waals surface area contributed by atoms with Crippen LogP contribution in [0, 0.1) is 12.7 Å². The van der Waals surface area contributed by atoms with E-state index in [1.165, 1.54) is 6.07 Å². The van der Waals surface area contributed by atoms with Crippen molar-refractivity contribution in [2.24, 2.45) is 4.99 Å². The highest BCUT2D eigenvalue weighted by Gasteiger charge is 2.10. The first-order valence-corrected chi connectivity index (χ1v) is 8.74. The molecule has 5 nitrogen and oxygen atoms in total. The molecule has 0 spiro atoms. The highest BCUT2D eigenvalue weighted by Crippen LogP contribution is 2.30. The maximum Gasteiger partial charge on any atom is 0.191 e. The third kappa shape index (κ3) is 4.65. The van der Waals surface area contributed by atoms with Gasteiger partial charge in [-0.05, 0) is 41.8 Å². The monoisotopic (exact) mass is 357 g/mol. The molecule has 6 heteroatoms. The van der Waals surface area contributed by atoms with Crippen molar-refractivity contribution in [2.75, 3.05) is 20.3 Å². The standard InChI is InChI=1S/C20H24FN3O2/c1-14-10-15(4-6-17(14)21)12-23-20(22-2)24-13-16-5-7-18-19(11-16)26-9-3-8-25-18/h4-7,10-11H,3,8-9,12-13H2,1-2H3,(H2,22,23,24). The molecule has 26 heavy (non-hydrogen) atoms. The Hall–Kier alpha value is -2.76. The minimum atomic E-state index is -0.189. The minimum absolute atomic E-state index is 0.189. The molecule has 138 valence electrons. The number of ether oxygens (including phenoxy) is 2. The zero-order chi connectivity index (χ0) is 18.4. The second-order valence-corrected chi connectivity index (χ2v) is 6.19. The summed E-state index contributed by atoms with van der Waals surface area (Å²) in [5.41, 5.74) is 2.72. The molecule has 0 bridgehead atoms. The summed E-state index contributed by atoms with van der Waals surface area (Å²) in [5.74, 6) is 2.07. The summed E-state index contributed by atoms with van der Waals surface area (Å²) in [7, 11) is 1.72. The van der Waals surface area contributed by atoms with Gasteiger partial charge in [0.2, 0.25) is 0 Å². The van der Waals surface area contributed by atoms with E-state index in [1.54, 1.807) is 20.0 Å². The van der Waals surface area contributed by atoms with Crippen LogP contribution in [0.5, 0.6) is 11.5 Å². The van der Waals surface area contributed by atoms with Gasteiger partial charge in [-0.15, -0.1) is 0 Å². The van der Waals surface area contributed by atoms with Crippen molar-refractivity contribution >= 4 is 5.96 Å². The lowest BCUT2D eigenvalue weighted by Crippen LogP contribution is -2.36. The summed E-state index contributed by atoms with van der Waals surface area (Å²) in [5, 5.41) is 6.51. The van der Waals surface area contributed by atoms with E-state index < -0.39 is 0 Å². The van der Waals surface area contributed by atoms with Gasteiger partial charge in [-0.1, -0.05) is 18.2 Å². The second-order valence-electron chi connectivity index (χ2n) is 6.19. The fraction of sp³-hybridized carbons (Fsp3) is 0.350. The molecular weight excluding hydrogens is 333 g/mol. The molecule has 0 amide bonds. The average molecular weight is 357 g/mol. The maximum atomic E-state index is 13.3. The van der Waals surface area contributed by atoms with E-state index in [9.17, 15) is 4.39 Å². The van der Waals surface area contributed by atoms with Gasteiger partial charge in [0.1, 0.15) is 5.82 Å². The average Bonchev–Trinajstić information content (AvgIpc) is 2.89. The largest absolute Gasteiger partial charge is 0.490 e. The van der Waals surface area contributed by atoms with Gasteiger partial charge in [0.05, 0.1) is 13.2 Å². The van der Waals surface area contributed by atoms with E-state index in [2.05, 4.69) is 15.6 Å². The Bertz CT molecular complexity index is 793. The van der Waals surface area contributed by atoms with Crippen LogP contribution in [0.1, 0.15) is 23.1 Å². The van der Waals surface area contributed by atoms with Gasteiger partial charge in [0.25, 0.3) is 0 Å². The lowest BCUT2D eigenvalue weighted by molar-refractivity contribution is 0.297. The van der Waals surface area contributed by atoms with Gasteiger partial charge in [0.15, 0.2) is 17.5 Å². The zero-order valence-electron chi connectivity index (χ0n) is 15.1. The predicted molar refractivity (Wildman–Crippen MR) is 100 cm³/mol. The van der Waals surface area contributed by atoms with Gasteiger partial charge < -0.3 is 20.1 Å². The van der Waals surface area contributed by atoms with Crippen molar-refractivity contribution in [2.45, 2.75) is 26.4 Å². The van der Waals surface area contributed by atoms with Gasteiger partial charge in [-0.3, -0.25) is 4.99 Å². The van der Waals surface area contributed by atoms with Crippen molar-refractivity contribution < 1.29 is 13.9 Å². The SMILES string of the molecule is CN=C(NCc1ccc(F)c(C)c1)NCc1ccc2c(c1)OCCCO2. The lowest BCUT2D eigenvalue weighted by atomic mass is 10.1. The summed E-state index contributed by atoms with van der Waals surface area (Å²) in [6.07, 6.45) is 0.891. The molecule has 1 aliphatic heterocycles. The molecule has 0 saturated carbocycles. The number of aliphatic imine (C=N–C) groups is 1. The van der Waals surface area contributed by atoms with E-state index in [4.69, 9.17) is 9.47 Å². The molecule has 0 unspecified atom stereocenters. The number of aryl methyl sites for hydroxylation is 1. The molecule has 3 rings (SSSR count). The van der Waals surface area contributed by atoms with Gasteiger partial charge >= 0.3 is 0 Å². The van der Waals surface area contributed by atoms with Crippen LogP contribution in [0.3, 0.4) is 0 Å². The Morgan fingerprint density at radius 3 is 2.35 bits per heavy atom. The fourth-order valence-electron chi connectivity index (χ4n) is 2.73. The summed E-state index contributed by atoms with van der Waals surface area (Å²) in [6.45, 7) is 4.30. The van der Waals surface area contributed by atoms with E-state index in [-0.39, 0.29) is 5.82 Å². The van der Waals surface area contributed by atoms with Crippen LogP contribution in [0.15, 0.2) is 41.4 Å². The smallest absolute Gasteiger partial charge is 0.191 e. The van der Waals surface area contributed by atoms with E-state index in [1.807, 2.05) is 24.3 Å². The maximum absolute atomic E-state index is 13.3. The Kier molecular flexibility index (Phi) is 5.94. The van der Waals surface area contributed by atoms with Crippen molar-refractivity contribution in [3.8, 4) is 11.5 Å². The number of nitrogens with one attached hydrogen (secondary N) is 2. The van der Waals surface area contributed by atoms with E-state index >= 15 is 0 Å². The molecule has 0 aromatic heterocycles. The van der Waals surface area contributed by atoms with Crippen molar-refractivity contribution in [3.63, 3.8) is 0 Å². The van der Waals surface area contributed by atoms with Crippen LogP contribution >= 0.6 is 0 Å². The highest BCUT2D eigenvalue weighted by atomic mass is 19.1. The Labute approximate surface area is 153 Å². The van der Waals surface area contributed by atoms with Gasteiger partial charge in [0, 0.05) is 26.6 Å².